The van der Waals surface area contributed by atoms with E-state index in [1.165, 1.54) is 0 Å². The second-order valence-electron chi connectivity index (χ2n) is 2.11. The molecule has 0 saturated carbocycles. The Hall–Kier alpha value is -0.700. The highest BCUT2D eigenvalue weighted by molar-refractivity contribution is 7.11. The third kappa shape index (κ3) is 1.42. The number of thiazole rings is 1. The van der Waals surface area contributed by atoms with Crippen molar-refractivity contribution in [1.82, 2.24) is 4.98 Å². The molecule has 0 spiro atoms. The van der Waals surface area contributed by atoms with E-state index >= 15 is 0 Å². The van der Waals surface area contributed by atoms with Crippen molar-refractivity contribution in [3.8, 4) is 0 Å². The van der Waals surface area contributed by atoms with Crippen LogP contribution in [-0.4, -0.2) is 11.3 Å². The molecule has 0 unspecified atom stereocenters. The molecule has 0 atom stereocenters. The van der Waals surface area contributed by atoms with E-state index in [2.05, 4.69) is 4.98 Å². The van der Waals surface area contributed by atoms with E-state index in [9.17, 15) is 4.79 Å². The van der Waals surface area contributed by atoms with E-state index in [1.54, 1.807) is 11.3 Å². The summed E-state index contributed by atoms with van der Waals surface area (Å²) < 4.78 is 0. The molecule has 0 N–H and O–H groups in total. The van der Waals surface area contributed by atoms with Gasteiger partial charge in [0.25, 0.3) is 0 Å². The zero-order chi connectivity index (χ0) is 7.56. The highest BCUT2D eigenvalue weighted by Crippen LogP contribution is 2.15. The van der Waals surface area contributed by atoms with Crippen LogP contribution in [0.5, 0.6) is 0 Å². The van der Waals surface area contributed by atoms with Gasteiger partial charge in [0.1, 0.15) is 6.29 Å². The SMILES string of the molecule is Cc1nc(CC=O)c(C)s1. The number of carbonyl (C=O) groups excluding carboxylic acids is 1. The van der Waals surface area contributed by atoms with Crippen molar-refractivity contribution >= 4 is 17.6 Å². The van der Waals surface area contributed by atoms with Crippen LogP contribution in [0.15, 0.2) is 0 Å². The van der Waals surface area contributed by atoms with Crippen LogP contribution in [-0.2, 0) is 11.2 Å². The van der Waals surface area contributed by atoms with Crippen molar-refractivity contribution in [2.45, 2.75) is 20.3 Å². The Kier molecular flexibility index (Phi) is 2.17. The van der Waals surface area contributed by atoms with E-state index in [1.807, 2.05) is 13.8 Å². The van der Waals surface area contributed by atoms with E-state index in [-0.39, 0.29) is 0 Å². The van der Waals surface area contributed by atoms with Gasteiger partial charge >= 0.3 is 0 Å². The van der Waals surface area contributed by atoms with E-state index in [0.717, 1.165) is 21.9 Å². The lowest BCUT2D eigenvalue weighted by Crippen LogP contribution is -1.87. The second kappa shape index (κ2) is 2.92. The van der Waals surface area contributed by atoms with Crippen molar-refractivity contribution in [1.29, 1.82) is 0 Å². The average molecular weight is 155 g/mol. The molecule has 1 aromatic heterocycles. The summed E-state index contributed by atoms with van der Waals surface area (Å²) in [6.07, 6.45) is 1.34. The number of hydrogen-bond donors (Lipinski definition) is 0. The predicted molar refractivity (Wildman–Crippen MR) is 41.4 cm³/mol. The third-order valence-electron chi connectivity index (χ3n) is 1.28. The minimum atomic E-state index is 0.455. The van der Waals surface area contributed by atoms with Gasteiger partial charge in [0, 0.05) is 11.3 Å². The van der Waals surface area contributed by atoms with Gasteiger partial charge in [0.15, 0.2) is 0 Å². The molecule has 2 nitrogen and oxygen atoms in total. The summed E-state index contributed by atoms with van der Waals surface area (Å²) in [5, 5.41) is 1.04. The summed E-state index contributed by atoms with van der Waals surface area (Å²) >= 11 is 1.64. The van der Waals surface area contributed by atoms with Crippen molar-refractivity contribution < 1.29 is 4.79 Å². The number of hydrogen-bond acceptors (Lipinski definition) is 3. The lowest BCUT2D eigenvalue weighted by molar-refractivity contribution is -0.107. The van der Waals surface area contributed by atoms with Gasteiger partial charge in [-0.05, 0) is 13.8 Å². The fourth-order valence-electron chi connectivity index (χ4n) is 0.840. The fraction of sp³-hybridized carbons (Fsp3) is 0.429. The quantitative estimate of drug-likeness (QED) is 0.606. The first kappa shape index (κ1) is 7.41. The Morgan fingerprint density at radius 2 is 2.30 bits per heavy atom. The van der Waals surface area contributed by atoms with Crippen molar-refractivity contribution in [2.24, 2.45) is 0 Å². The number of aldehydes is 1. The highest BCUT2D eigenvalue weighted by atomic mass is 32.1. The molecule has 1 heterocycles. The predicted octanol–water partition coefficient (Wildman–Crippen LogP) is 1.50. The molecule has 0 radical (unpaired) electrons. The molecule has 0 aliphatic rings. The van der Waals surface area contributed by atoms with Crippen LogP contribution in [0.1, 0.15) is 15.6 Å². The molecule has 0 amide bonds. The molecule has 0 aliphatic heterocycles. The molecule has 3 heteroatoms. The summed E-state index contributed by atoms with van der Waals surface area (Å²) in [4.78, 5) is 15.4. The van der Waals surface area contributed by atoms with Crippen LogP contribution in [0.25, 0.3) is 0 Å². The average Bonchev–Trinajstić information content (AvgIpc) is 2.13. The second-order valence-corrected chi connectivity index (χ2v) is 3.51. The Labute approximate surface area is 63.9 Å². The first-order chi connectivity index (χ1) is 4.74. The lowest BCUT2D eigenvalue weighted by atomic mass is 10.3. The van der Waals surface area contributed by atoms with Crippen molar-refractivity contribution in [2.75, 3.05) is 0 Å². The standard InChI is InChI=1S/C7H9NOS/c1-5-7(3-4-9)8-6(2)10-5/h4H,3H2,1-2H3. The Morgan fingerprint density at radius 3 is 2.70 bits per heavy atom. The fourth-order valence-corrected chi connectivity index (χ4v) is 1.69. The first-order valence-electron chi connectivity index (χ1n) is 3.10. The van der Waals surface area contributed by atoms with E-state index in [4.69, 9.17) is 0 Å². The summed E-state index contributed by atoms with van der Waals surface area (Å²) in [7, 11) is 0. The number of nitrogens with zero attached hydrogens (tertiary/aromatic N) is 1. The number of carbonyl (C=O) groups is 1. The van der Waals surface area contributed by atoms with Gasteiger partial charge in [-0.3, -0.25) is 0 Å². The summed E-state index contributed by atoms with van der Waals surface area (Å²) in [6.45, 7) is 3.94. The van der Waals surface area contributed by atoms with Crippen molar-refractivity contribution in [3.63, 3.8) is 0 Å². The lowest BCUT2D eigenvalue weighted by Gasteiger charge is -1.85. The zero-order valence-corrected chi connectivity index (χ0v) is 6.86. The maximum absolute atomic E-state index is 10.1. The van der Waals surface area contributed by atoms with Gasteiger partial charge in [-0.1, -0.05) is 0 Å². The van der Waals surface area contributed by atoms with Gasteiger partial charge in [0.05, 0.1) is 10.7 Å². The largest absolute Gasteiger partial charge is 0.303 e. The van der Waals surface area contributed by atoms with Gasteiger partial charge in [-0.2, -0.15) is 0 Å². The minimum Gasteiger partial charge on any atom is -0.303 e. The van der Waals surface area contributed by atoms with Crippen molar-refractivity contribution in [3.05, 3.63) is 15.6 Å². The van der Waals surface area contributed by atoms with E-state index < -0.39 is 0 Å². The molecule has 0 aliphatic carbocycles. The molecule has 1 rings (SSSR count). The molecule has 0 aromatic carbocycles. The topological polar surface area (TPSA) is 30.0 Å². The molecular weight excluding hydrogens is 146 g/mol. The number of rotatable bonds is 2. The van der Waals surface area contributed by atoms with Crippen LogP contribution < -0.4 is 0 Å². The molecule has 10 heavy (non-hydrogen) atoms. The van der Waals surface area contributed by atoms with E-state index in [0.29, 0.717) is 6.42 Å². The smallest absolute Gasteiger partial charge is 0.125 e. The van der Waals surface area contributed by atoms with Gasteiger partial charge < -0.3 is 4.79 Å². The molecule has 0 fully saturated rings. The molecule has 0 bridgehead atoms. The third-order valence-corrected chi connectivity index (χ3v) is 2.20. The summed E-state index contributed by atoms with van der Waals surface area (Å²) in [5.74, 6) is 0. The van der Waals surface area contributed by atoms with Gasteiger partial charge in [-0.15, -0.1) is 11.3 Å². The minimum absolute atomic E-state index is 0.455. The maximum atomic E-state index is 10.1. The van der Waals surface area contributed by atoms with Gasteiger partial charge in [0.2, 0.25) is 0 Å². The summed E-state index contributed by atoms with van der Waals surface area (Å²) in [6, 6.07) is 0. The zero-order valence-electron chi connectivity index (χ0n) is 6.05. The number of aromatic nitrogens is 1. The van der Waals surface area contributed by atoms with Gasteiger partial charge in [-0.25, -0.2) is 4.98 Å². The van der Waals surface area contributed by atoms with Crippen LogP contribution in [0, 0.1) is 13.8 Å². The molecule has 54 valence electrons. The Morgan fingerprint density at radius 1 is 1.60 bits per heavy atom. The van der Waals surface area contributed by atoms with Crippen LogP contribution in [0.3, 0.4) is 0 Å². The maximum Gasteiger partial charge on any atom is 0.125 e. The molecular formula is C7H9NOS. The monoisotopic (exact) mass is 155 g/mol. The molecule has 0 saturated heterocycles. The van der Waals surface area contributed by atoms with Crippen LogP contribution in [0.4, 0.5) is 0 Å². The van der Waals surface area contributed by atoms with Crippen LogP contribution >= 0.6 is 11.3 Å². The number of aryl methyl sites for hydroxylation is 2. The Bertz CT molecular complexity index is 242. The van der Waals surface area contributed by atoms with Crippen LogP contribution in [0.2, 0.25) is 0 Å². The summed E-state index contributed by atoms with van der Waals surface area (Å²) in [5.41, 5.74) is 0.928. The molecule has 1 aromatic rings. The first-order valence-corrected chi connectivity index (χ1v) is 3.92. The highest BCUT2D eigenvalue weighted by Gasteiger charge is 2.02. The normalized spacial score (nSPS) is 9.80. The Balaban J connectivity index is 2.91.